The van der Waals surface area contributed by atoms with Crippen LogP contribution in [0.3, 0.4) is 0 Å². The van der Waals surface area contributed by atoms with E-state index in [0.29, 0.717) is 6.61 Å². The summed E-state index contributed by atoms with van der Waals surface area (Å²) in [6.07, 6.45) is 0. The van der Waals surface area contributed by atoms with Gasteiger partial charge >= 0.3 is 0 Å². The molecule has 0 radical (unpaired) electrons. The Hall–Kier alpha value is -1.53. The summed E-state index contributed by atoms with van der Waals surface area (Å²) in [5.41, 5.74) is 1.46. The van der Waals surface area contributed by atoms with Crippen LogP contribution in [0.1, 0.15) is 12.5 Å². The topological polar surface area (TPSA) is 45.0 Å². The predicted octanol–water partition coefficient (Wildman–Crippen LogP) is 2.34. The molecule has 0 aliphatic carbocycles. The summed E-state index contributed by atoms with van der Waals surface area (Å²) in [5.74, 6) is 0. The molecule has 1 unspecified atom stereocenters. The molecule has 0 spiro atoms. The quantitative estimate of drug-likeness (QED) is 0.818. The zero-order chi connectivity index (χ0) is 11.3. The minimum absolute atomic E-state index is 0.359. The molecule has 1 N–H and O–H groups in total. The van der Waals surface area contributed by atoms with Crippen molar-refractivity contribution in [2.24, 2.45) is 0 Å². The molecular formula is C12H16N2O. The number of benzene rings is 1. The predicted molar refractivity (Wildman–Crippen MR) is 60.7 cm³/mol. The van der Waals surface area contributed by atoms with Gasteiger partial charge in [0.2, 0.25) is 0 Å². The Kier molecular flexibility index (Phi) is 3.70. The van der Waals surface area contributed by atoms with E-state index in [2.05, 4.69) is 11.4 Å². The van der Waals surface area contributed by atoms with E-state index in [1.54, 1.807) is 7.11 Å². The third kappa shape index (κ3) is 3.26. The maximum atomic E-state index is 9.04. The smallest absolute Gasteiger partial charge is 0.146 e. The number of nitriles is 1. The van der Waals surface area contributed by atoms with Gasteiger partial charge in [0.05, 0.1) is 12.7 Å². The standard InChI is InChI=1S/C12H16N2O/c1-10-4-6-11(7-5-10)14-12(2,8-13)9-15-3/h4-7,14H,9H2,1-3H3. The normalized spacial score (nSPS) is 14.0. The Bertz CT molecular complexity index is 353. The van der Waals surface area contributed by atoms with Crippen LogP contribution in [0, 0.1) is 18.3 Å². The lowest BCUT2D eigenvalue weighted by Crippen LogP contribution is -2.37. The van der Waals surface area contributed by atoms with Gasteiger partial charge in [0.25, 0.3) is 0 Å². The van der Waals surface area contributed by atoms with Crippen molar-refractivity contribution in [1.82, 2.24) is 0 Å². The van der Waals surface area contributed by atoms with E-state index in [9.17, 15) is 0 Å². The largest absolute Gasteiger partial charge is 0.381 e. The molecule has 1 rings (SSSR count). The average molecular weight is 204 g/mol. The molecule has 3 nitrogen and oxygen atoms in total. The van der Waals surface area contributed by atoms with E-state index in [1.165, 1.54) is 5.56 Å². The van der Waals surface area contributed by atoms with Crippen LogP contribution in [0.5, 0.6) is 0 Å². The number of hydrogen-bond acceptors (Lipinski definition) is 3. The molecule has 15 heavy (non-hydrogen) atoms. The molecule has 3 heteroatoms. The Morgan fingerprint density at radius 2 is 2.00 bits per heavy atom. The van der Waals surface area contributed by atoms with Gasteiger partial charge in [-0.2, -0.15) is 5.26 Å². The van der Waals surface area contributed by atoms with E-state index in [-0.39, 0.29) is 0 Å². The van der Waals surface area contributed by atoms with Gasteiger partial charge in [-0.15, -0.1) is 0 Å². The molecule has 0 saturated heterocycles. The highest BCUT2D eigenvalue weighted by atomic mass is 16.5. The molecule has 1 aromatic rings. The van der Waals surface area contributed by atoms with Crippen LogP contribution in [-0.2, 0) is 4.74 Å². The Morgan fingerprint density at radius 1 is 1.40 bits per heavy atom. The number of hydrogen-bond donors (Lipinski definition) is 1. The van der Waals surface area contributed by atoms with Crippen LogP contribution in [0.15, 0.2) is 24.3 Å². The second kappa shape index (κ2) is 4.81. The molecule has 0 aliphatic rings. The zero-order valence-corrected chi connectivity index (χ0v) is 9.37. The summed E-state index contributed by atoms with van der Waals surface area (Å²) >= 11 is 0. The van der Waals surface area contributed by atoms with Gasteiger partial charge < -0.3 is 10.1 Å². The van der Waals surface area contributed by atoms with Crippen molar-refractivity contribution >= 4 is 5.69 Å². The minimum atomic E-state index is -0.677. The van der Waals surface area contributed by atoms with E-state index < -0.39 is 5.54 Å². The molecule has 0 heterocycles. The van der Waals surface area contributed by atoms with Crippen molar-refractivity contribution in [3.8, 4) is 6.07 Å². The second-order valence-corrected chi connectivity index (χ2v) is 3.87. The van der Waals surface area contributed by atoms with Crippen molar-refractivity contribution in [3.63, 3.8) is 0 Å². The highest BCUT2D eigenvalue weighted by Crippen LogP contribution is 2.15. The summed E-state index contributed by atoms with van der Waals surface area (Å²) in [7, 11) is 1.59. The SMILES string of the molecule is COCC(C)(C#N)Nc1ccc(C)cc1. The van der Waals surface area contributed by atoms with Gasteiger partial charge in [-0.1, -0.05) is 17.7 Å². The average Bonchev–Trinajstić information content (AvgIpc) is 2.22. The fourth-order valence-corrected chi connectivity index (χ4v) is 1.34. The molecule has 0 aliphatic heterocycles. The van der Waals surface area contributed by atoms with Gasteiger partial charge in [0, 0.05) is 12.8 Å². The molecule has 0 amide bonds. The fraction of sp³-hybridized carbons (Fsp3) is 0.417. The maximum absolute atomic E-state index is 9.04. The first-order chi connectivity index (χ1) is 7.09. The summed E-state index contributed by atoms with van der Waals surface area (Å²) < 4.78 is 5.01. The number of aryl methyl sites for hydroxylation is 1. The summed E-state index contributed by atoms with van der Waals surface area (Å²) in [5, 5.41) is 12.2. The molecule has 80 valence electrons. The lowest BCUT2D eigenvalue weighted by atomic mass is 10.1. The highest BCUT2D eigenvalue weighted by molar-refractivity contribution is 5.48. The summed E-state index contributed by atoms with van der Waals surface area (Å²) in [6, 6.07) is 10.1. The van der Waals surface area contributed by atoms with Gasteiger partial charge in [-0.25, -0.2) is 0 Å². The summed E-state index contributed by atoms with van der Waals surface area (Å²) in [4.78, 5) is 0. The van der Waals surface area contributed by atoms with Gasteiger partial charge in [-0.3, -0.25) is 0 Å². The molecule has 1 aromatic carbocycles. The van der Waals surface area contributed by atoms with Crippen LogP contribution in [0.25, 0.3) is 0 Å². The number of nitrogens with one attached hydrogen (secondary N) is 1. The van der Waals surface area contributed by atoms with Crippen LogP contribution >= 0.6 is 0 Å². The van der Waals surface area contributed by atoms with Crippen LogP contribution in [0.4, 0.5) is 5.69 Å². The van der Waals surface area contributed by atoms with Crippen molar-refractivity contribution in [3.05, 3.63) is 29.8 Å². The van der Waals surface area contributed by atoms with E-state index in [4.69, 9.17) is 10.00 Å². The Morgan fingerprint density at radius 3 is 2.47 bits per heavy atom. The number of ether oxygens (including phenoxy) is 1. The van der Waals surface area contributed by atoms with E-state index in [1.807, 2.05) is 38.1 Å². The fourth-order valence-electron chi connectivity index (χ4n) is 1.34. The van der Waals surface area contributed by atoms with Gasteiger partial charge in [0.15, 0.2) is 0 Å². The highest BCUT2D eigenvalue weighted by Gasteiger charge is 2.23. The van der Waals surface area contributed by atoms with Crippen molar-refractivity contribution < 1.29 is 4.74 Å². The van der Waals surface area contributed by atoms with E-state index >= 15 is 0 Å². The molecule has 1 atom stereocenters. The first-order valence-corrected chi connectivity index (χ1v) is 4.85. The van der Waals surface area contributed by atoms with Crippen molar-refractivity contribution in [2.45, 2.75) is 19.4 Å². The third-order valence-electron chi connectivity index (χ3n) is 2.15. The first-order valence-electron chi connectivity index (χ1n) is 4.85. The second-order valence-electron chi connectivity index (χ2n) is 3.87. The minimum Gasteiger partial charge on any atom is -0.381 e. The molecule has 0 fully saturated rings. The zero-order valence-electron chi connectivity index (χ0n) is 9.37. The number of methoxy groups -OCH3 is 1. The number of anilines is 1. The third-order valence-corrected chi connectivity index (χ3v) is 2.15. The van der Waals surface area contributed by atoms with Crippen LogP contribution in [-0.4, -0.2) is 19.3 Å². The van der Waals surface area contributed by atoms with E-state index in [0.717, 1.165) is 5.69 Å². The Labute approximate surface area is 90.7 Å². The van der Waals surface area contributed by atoms with Crippen LogP contribution in [0.2, 0.25) is 0 Å². The first kappa shape index (κ1) is 11.5. The van der Waals surface area contributed by atoms with Crippen molar-refractivity contribution in [1.29, 1.82) is 5.26 Å². The van der Waals surface area contributed by atoms with Gasteiger partial charge in [-0.05, 0) is 26.0 Å². The summed E-state index contributed by atoms with van der Waals surface area (Å²) in [6.45, 7) is 4.20. The van der Waals surface area contributed by atoms with Crippen LogP contribution < -0.4 is 5.32 Å². The number of rotatable bonds is 4. The molecule has 0 saturated carbocycles. The maximum Gasteiger partial charge on any atom is 0.146 e. The molecule has 0 bridgehead atoms. The number of nitrogens with zero attached hydrogens (tertiary/aromatic N) is 1. The van der Waals surface area contributed by atoms with Gasteiger partial charge in [0.1, 0.15) is 5.54 Å². The molecule has 0 aromatic heterocycles. The Balaban J connectivity index is 2.76. The van der Waals surface area contributed by atoms with Crippen molar-refractivity contribution in [2.75, 3.05) is 19.0 Å². The lowest BCUT2D eigenvalue weighted by Gasteiger charge is -2.23. The monoisotopic (exact) mass is 204 g/mol. The molecular weight excluding hydrogens is 188 g/mol. The lowest BCUT2D eigenvalue weighted by molar-refractivity contribution is 0.171.